The molecule has 4 nitrogen and oxygen atoms in total. The first-order valence-electron chi connectivity index (χ1n) is 8.97. The van der Waals surface area contributed by atoms with Gasteiger partial charge in [-0.2, -0.15) is 0 Å². The van der Waals surface area contributed by atoms with Crippen molar-refractivity contribution in [2.24, 2.45) is 0 Å². The number of halogens is 1. The van der Waals surface area contributed by atoms with E-state index in [1.54, 1.807) is 18.5 Å². The molecular formula is C22H22ClN3O. The molecule has 0 spiro atoms. The van der Waals surface area contributed by atoms with Gasteiger partial charge in [0, 0.05) is 30.5 Å². The third-order valence-electron chi connectivity index (χ3n) is 4.21. The summed E-state index contributed by atoms with van der Waals surface area (Å²) in [6.45, 7) is 1.20. The molecule has 0 saturated heterocycles. The van der Waals surface area contributed by atoms with Crippen LogP contribution in [0.3, 0.4) is 0 Å². The average molecular weight is 380 g/mol. The van der Waals surface area contributed by atoms with Crippen LogP contribution < -0.4 is 10.6 Å². The highest BCUT2D eigenvalue weighted by atomic mass is 35.5. The maximum absolute atomic E-state index is 12.3. The number of carbonyl (C=O) groups is 1. The average Bonchev–Trinajstić information content (AvgIpc) is 2.71. The van der Waals surface area contributed by atoms with Crippen LogP contribution in [0.2, 0.25) is 5.02 Å². The van der Waals surface area contributed by atoms with Crippen molar-refractivity contribution in [2.45, 2.75) is 19.4 Å². The number of pyridine rings is 1. The number of anilines is 1. The van der Waals surface area contributed by atoms with Crippen molar-refractivity contribution in [1.29, 1.82) is 0 Å². The van der Waals surface area contributed by atoms with Gasteiger partial charge in [-0.3, -0.25) is 9.78 Å². The first-order chi connectivity index (χ1) is 13.2. The van der Waals surface area contributed by atoms with Crippen LogP contribution in [0.4, 0.5) is 5.69 Å². The molecule has 2 N–H and O–H groups in total. The molecule has 0 fully saturated rings. The summed E-state index contributed by atoms with van der Waals surface area (Å²) in [7, 11) is 0. The molecule has 1 aromatic heterocycles. The highest BCUT2D eigenvalue weighted by Crippen LogP contribution is 2.17. The van der Waals surface area contributed by atoms with E-state index >= 15 is 0 Å². The van der Waals surface area contributed by atoms with E-state index in [9.17, 15) is 4.79 Å². The SMILES string of the molecule is O=C(NCCCc1ccccc1)c1cncc(NCc2ccccc2Cl)c1. The molecule has 0 bridgehead atoms. The summed E-state index contributed by atoms with van der Waals surface area (Å²) in [6.07, 6.45) is 5.11. The van der Waals surface area contributed by atoms with E-state index in [4.69, 9.17) is 11.6 Å². The van der Waals surface area contributed by atoms with Crippen molar-refractivity contribution in [1.82, 2.24) is 10.3 Å². The van der Waals surface area contributed by atoms with Gasteiger partial charge in [-0.15, -0.1) is 0 Å². The second kappa shape index (κ2) is 9.74. The summed E-state index contributed by atoms with van der Waals surface area (Å²) in [5, 5.41) is 6.92. The Hall–Kier alpha value is -2.85. The Morgan fingerprint density at radius 1 is 1.00 bits per heavy atom. The van der Waals surface area contributed by atoms with E-state index in [-0.39, 0.29) is 5.91 Å². The van der Waals surface area contributed by atoms with Crippen molar-refractivity contribution >= 4 is 23.2 Å². The molecule has 0 aliphatic carbocycles. The standard InChI is InChI=1S/C22H22ClN3O/c23-21-11-5-4-10-18(21)15-26-20-13-19(14-24-16-20)22(27)25-12-6-9-17-7-2-1-3-8-17/h1-5,7-8,10-11,13-14,16,26H,6,9,12,15H2,(H,25,27). The lowest BCUT2D eigenvalue weighted by Gasteiger charge is -2.10. The maximum atomic E-state index is 12.3. The van der Waals surface area contributed by atoms with E-state index in [1.165, 1.54) is 5.56 Å². The van der Waals surface area contributed by atoms with E-state index < -0.39 is 0 Å². The van der Waals surface area contributed by atoms with Crippen molar-refractivity contribution < 1.29 is 4.79 Å². The highest BCUT2D eigenvalue weighted by molar-refractivity contribution is 6.31. The molecule has 0 atom stereocenters. The number of aromatic nitrogens is 1. The normalized spacial score (nSPS) is 10.4. The largest absolute Gasteiger partial charge is 0.380 e. The molecular weight excluding hydrogens is 358 g/mol. The highest BCUT2D eigenvalue weighted by Gasteiger charge is 2.07. The third kappa shape index (κ3) is 5.83. The van der Waals surface area contributed by atoms with Gasteiger partial charge < -0.3 is 10.6 Å². The number of carbonyl (C=O) groups excluding carboxylic acids is 1. The smallest absolute Gasteiger partial charge is 0.252 e. The first-order valence-corrected chi connectivity index (χ1v) is 9.34. The molecule has 138 valence electrons. The van der Waals surface area contributed by atoms with Crippen LogP contribution in [-0.2, 0) is 13.0 Å². The zero-order chi connectivity index (χ0) is 18.9. The molecule has 5 heteroatoms. The molecule has 0 saturated carbocycles. The summed E-state index contributed by atoms with van der Waals surface area (Å²) in [4.78, 5) is 16.5. The van der Waals surface area contributed by atoms with Crippen molar-refractivity contribution in [3.63, 3.8) is 0 Å². The lowest BCUT2D eigenvalue weighted by atomic mass is 10.1. The van der Waals surface area contributed by atoms with Gasteiger partial charge in [0.25, 0.3) is 5.91 Å². The molecule has 1 heterocycles. The Balaban J connectivity index is 1.49. The molecule has 0 unspecified atom stereocenters. The molecule has 3 rings (SSSR count). The number of aryl methyl sites for hydroxylation is 1. The number of rotatable bonds is 8. The minimum Gasteiger partial charge on any atom is -0.380 e. The van der Waals surface area contributed by atoms with Gasteiger partial charge in [0.2, 0.25) is 0 Å². The van der Waals surface area contributed by atoms with Crippen molar-refractivity contribution in [2.75, 3.05) is 11.9 Å². The molecule has 2 aromatic carbocycles. The minimum absolute atomic E-state index is 0.114. The van der Waals surface area contributed by atoms with Crippen LogP contribution in [0.15, 0.2) is 73.1 Å². The van der Waals surface area contributed by atoms with E-state index in [0.717, 1.165) is 24.1 Å². The van der Waals surface area contributed by atoms with Gasteiger partial charge >= 0.3 is 0 Å². The van der Waals surface area contributed by atoms with Crippen LogP contribution in [0.1, 0.15) is 27.9 Å². The number of nitrogens with zero attached hydrogens (tertiary/aromatic N) is 1. The summed E-state index contributed by atoms with van der Waals surface area (Å²) >= 11 is 6.17. The van der Waals surface area contributed by atoms with E-state index in [0.29, 0.717) is 23.7 Å². The Labute approximate surface area is 164 Å². The monoisotopic (exact) mass is 379 g/mol. The van der Waals surface area contributed by atoms with Gasteiger partial charge in [0.15, 0.2) is 0 Å². The van der Waals surface area contributed by atoms with Crippen LogP contribution in [0, 0.1) is 0 Å². The molecule has 3 aromatic rings. The topological polar surface area (TPSA) is 54.0 Å². The number of benzene rings is 2. The lowest BCUT2D eigenvalue weighted by Crippen LogP contribution is -2.25. The van der Waals surface area contributed by atoms with Gasteiger partial charge in [-0.05, 0) is 36.1 Å². The van der Waals surface area contributed by atoms with Crippen molar-refractivity contribution in [3.8, 4) is 0 Å². The fourth-order valence-electron chi connectivity index (χ4n) is 2.74. The van der Waals surface area contributed by atoms with Gasteiger partial charge in [0.05, 0.1) is 11.3 Å². The summed E-state index contributed by atoms with van der Waals surface area (Å²) in [6, 6.07) is 19.7. The van der Waals surface area contributed by atoms with Crippen LogP contribution in [0.25, 0.3) is 0 Å². The zero-order valence-electron chi connectivity index (χ0n) is 15.0. The predicted molar refractivity (Wildman–Crippen MR) is 110 cm³/mol. The lowest BCUT2D eigenvalue weighted by molar-refractivity contribution is 0.0953. The summed E-state index contributed by atoms with van der Waals surface area (Å²) < 4.78 is 0. The quantitative estimate of drug-likeness (QED) is 0.557. The Bertz CT molecular complexity index is 883. The zero-order valence-corrected chi connectivity index (χ0v) is 15.7. The second-order valence-corrected chi connectivity index (χ2v) is 6.66. The molecule has 0 aliphatic heterocycles. The fourth-order valence-corrected chi connectivity index (χ4v) is 2.94. The minimum atomic E-state index is -0.114. The molecule has 0 radical (unpaired) electrons. The van der Waals surface area contributed by atoms with Crippen molar-refractivity contribution in [3.05, 3.63) is 94.8 Å². The molecule has 1 amide bonds. The van der Waals surface area contributed by atoms with Crippen LogP contribution in [-0.4, -0.2) is 17.4 Å². The Morgan fingerprint density at radius 3 is 2.59 bits per heavy atom. The summed E-state index contributed by atoms with van der Waals surface area (Å²) in [5.74, 6) is -0.114. The molecule has 27 heavy (non-hydrogen) atoms. The number of hydrogen-bond donors (Lipinski definition) is 2. The summed E-state index contributed by atoms with van der Waals surface area (Å²) in [5.41, 5.74) is 3.60. The van der Waals surface area contributed by atoms with E-state index in [2.05, 4.69) is 27.8 Å². The fraction of sp³-hybridized carbons (Fsp3) is 0.182. The Morgan fingerprint density at radius 2 is 1.78 bits per heavy atom. The van der Waals surface area contributed by atoms with Crippen LogP contribution >= 0.6 is 11.6 Å². The number of hydrogen-bond acceptors (Lipinski definition) is 3. The third-order valence-corrected chi connectivity index (χ3v) is 4.58. The van der Waals surface area contributed by atoms with E-state index in [1.807, 2.05) is 42.5 Å². The van der Waals surface area contributed by atoms with Gasteiger partial charge in [0.1, 0.15) is 0 Å². The van der Waals surface area contributed by atoms with Gasteiger partial charge in [-0.25, -0.2) is 0 Å². The number of amides is 1. The first kappa shape index (κ1) is 18.9. The second-order valence-electron chi connectivity index (χ2n) is 6.25. The van der Waals surface area contributed by atoms with Crippen LogP contribution in [0.5, 0.6) is 0 Å². The molecule has 0 aliphatic rings. The van der Waals surface area contributed by atoms with Gasteiger partial charge in [-0.1, -0.05) is 60.1 Å². The Kier molecular flexibility index (Phi) is 6.83. The maximum Gasteiger partial charge on any atom is 0.252 e. The number of nitrogens with one attached hydrogen (secondary N) is 2. The predicted octanol–water partition coefficient (Wildman–Crippen LogP) is 4.71.